The van der Waals surface area contributed by atoms with Crippen molar-refractivity contribution in [1.82, 2.24) is 20.3 Å². The van der Waals surface area contributed by atoms with Crippen molar-refractivity contribution in [1.29, 1.82) is 0 Å². The second-order valence-corrected chi connectivity index (χ2v) is 11.8. The number of nitrogens with zero attached hydrogens (tertiary/aromatic N) is 3. The molecule has 4 aromatic rings. The summed E-state index contributed by atoms with van der Waals surface area (Å²) in [5, 5.41) is 3.64. The Kier molecular flexibility index (Phi) is 6.16. The number of fused-ring (bicyclic) bond motifs is 2. The number of hydrogen-bond donors (Lipinski definition) is 1. The highest BCUT2D eigenvalue weighted by molar-refractivity contribution is 7.91. The van der Waals surface area contributed by atoms with E-state index in [1.54, 1.807) is 24.4 Å². The number of carbonyl (C=O) groups is 1. The van der Waals surface area contributed by atoms with Crippen molar-refractivity contribution in [2.24, 2.45) is 0 Å². The maximum Gasteiger partial charge on any atom is 0.251 e. The molecule has 3 aromatic heterocycles. The fourth-order valence-electron chi connectivity index (χ4n) is 4.62. The van der Waals surface area contributed by atoms with E-state index in [0.717, 1.165) is 23.9 Å². The molecular formula is C28H25FN4O4S. The van der Waals surface area contributed by atoms with Crippen LogP contribution in [0.1, 0.15) is 40.2 Å². The average Bonchev–Trinajstić information content (AvgIpc) is 3.76. The lowest BCUT2D eigenvalue weighted by atomic mass is 10.0. The van der Waals surface area contributed by atoms with Gasteiger partial charge in [0.15, 0.2) is 9.84 Å². The molecule has 0 saturated heterocycles. The fraction of sp³-hybridized carbons (Fsp3) is 0.286. The molecule has 10 heteroatoms. The molecule has 1 aliphatic carbocycles. The second-order valence-electron chi connectivity index (χ2n) is 9.76. The van der Waals surface area contributed by atoms with Gasteiger partial charge in [-0.2, -0.15) is 0 Å². The predicted octanol–water partition coefficient (Wildman–Crippen LogP) is 3.93. The van der Waals surface area contributed by atoms with Crippen molar-refractivity contribution >= 4 is 26.6 Å². The van der Waals surface area contributed by atoms with E-state index in [1.807, 2.05) is 30.3 Å². The third-order valence-electron chi connectivity index (χ3n) is 7.14. The first-order valence-electron chi connectivity index (χ1n) is 12.4. The van der Waals surface area contributed by atoms with Gasteiger partial charge < -0.3 is 10.1 Å². The molecule has 38 heavy (non-hydrogen) atoms. The zero-order valence-corrected chi connectivity index (χ0v) is 21.3. The zero-order chi connectivity index (χ0) is 26.3. The summed E-state index contributed by atoms with van der Waals surface area (Å²) in [5.41, 5.74) is 3.76. The molecule has 1 amide bonds. The number of halogens is 1. The molecule has 4 heterocycles. The van der Waals surface area contributed by atoms with Crippen LogP contribution in [0.3, 0.4) is 0 Å². The Bertz CT molecular complexity index is 1670. The highest BCUT2D eigenvalue weighted by atomic mass is 32.2. The van der Waals surface area contributed by atoms with Crippen LogP contribution < -0.4 is 5.32 Å². The van der Waals surface area contributed by atoms with Crippen molar-refractivity contribution in [3.63, 3.8) is 0 Å². The number of benzene rings is 1. The smallest absolute Gasteiger partial charge is 0.251 e. The Morgan fingerprint density at radius 2 is 1.89 bits per heavy atom. The van der Waals surface area contributed by atoms with Crippen LogP contribution in [0.25, 0.3) is 22.3 Å². The molecule has 1 fully saturated rings. The Morgan fingerprint density at radius 3 is 2.71 bits per heavy atom. The molecule has 0 spiro atoms. The van der Waals surface area contributed by atoms with Gasteiger partial charge in [0.05, 0.1) is 53.0 Å². The van der Waals surface area contributed by atoms with E-state index in [0.29, 0.717) is 28.2 Å². The van der Waals surface area contributed by atoms with Gasteiger partial charge in [0.2, 0.25) is 0 Å². The maximum atomic E-state index is 13.5. The van der Waals surface area contributed by atoms with Gasteiger partial charge in [0.1, 0.15) is 6.67 Å². The largest absolute Gasteiger partial charge is 0.376 e. The van der Waals surface area contributed by atoms with Gasteiger partial charge >= 0.3 is 0 Å². The van der Waals surface area contributed by atoms with Gasteiger partial charge in [-0.25, -0.2) is 13.4 Å². The summed E-state index contributed by atoms with van der Waals surface area (Å²) in [7, 11) is -3.51. The highest BCUT2D eigenvalue weighted by Gasteiger charge is 2.46. The Morgan fingerprint density at radius 1 is 1.05 bits per heavy atom. The number of ether oxygens (including phenoxy) is 1. The van der Waals surface area contributed by atoms with Crippen LogP contribution in [0.4, 0.5) is 4.39 Å². The standard InChI is InChI=1S/C28H25FN4O4S/c29-17-28(8-9-28)26-3-1-2-22(33-26)23-7-6-19-14-30-21(13-24(19)32-23)15-31-27(34)18-4-5-20-16-37-10-11-38(35,36)25(20)12-18/h1-7,12-14H,8-11,15-17H2,(H,31,34). The van der Waals surface area contributed by atoms with Crippen molar-refractivity contribution in [2.75, 3.05) is 19.0 Å². The van der Waals surface area contributed by atoms with Crippen molar-refractivity contribution < 1.29 is 22.3 Å². The minimum Gasteiger partial charge on any atom is -0.376 e. The molecule has 8 nitrogen and oxygen atoms in total. The minimum atomic E-state index is -3.51. The van der Waals surface area contributed by atoms with E-state index < -0.39 is 27.8 Å². The first-order chi connectivity index (χ1) is 18.4. The number of pyridine rings is 3. The van der Waals surface area contributed by atoms with Gasteiger partial charge in [0.25, 0.3) is 5.91 Å². The summed E-state index contributed by atoms with van der Waals surface area (Å²) in [6, 6.07) is 15.8. The van der Waals surface area contributed by atoms with Gasteiger partial charge in [-0.15, -0.1) is 0 Å². The van der Waals surface area contributed by atoms with Crippen molar-refractivity contribution in [2.45, 2.75) is 36.3 Å². The van der Waals surface area contributed by atoms with E-state index in [1.165, 1.54) is 6.07 Å². The van der Waals surface area contributed by atoms with E-state index in [2.05, 4.69) is 10.3 Å². The fourth-order valence-corrected chi connectivity index (χ4v) is 6.01. The van der Waals surface area contributed by atoms with E-state index in [-0.39, 0.29) is 36.0 Å². The summed E-state index contributed by atoms with van der Waals surface area (Å²) < 4.78 is 44.0. The van der Waals surface area contributed by atoms with Crippen LogP contribution in [-0.4, -0.2) is 48.3 Å². The van der Waals surface area contributed by atoms with Crippen molar-refractivity contribution in [3.05, 3.63) is 83.3 Å². The molecule has 0 unspecified atom stereocenters. The van der Waals surface area contributed by atoms with Gasteiger partial charge in [-0.1, -0.05) is 12.1 Å². The topological polar surface area (TPSA) is 111 Å². The van der Waals surface area contributed by atoms with Crippen LogP contribution in [-0.2, 0) is 33.1 Å². The lowest BCUT2D eigenvalue weighted by Gasteiger charge is -2.11. The second kappa shape index (κ2) is 9.52. The van der Waals surface area contributed by atoms with Gasteiger partial charge in [0, 0.05) is 28.3 Å². The summed E-state index contributed by atoms with van der Waals surface area (Å²) in [6.07, 6.45) is 3.30. The summed E-state index contributed by atoms with van der Waals surface area (Å²) in [6.45, 7) is 0.0518. The molecule has 1 aliphatic heterocycles. The van der Waals surface area contributed by atoms with E-state index >= 15 is 0 Å². The van der Waals surface area contributed by atoms with Crippen molar-refractivity contribution in [3.8, 4) is 11.4 Å². The Labute approximate surface area is 219 Å². The average molecular weight is 533 g/mol. The monoisotopic (exact) mass is 532 g/mol. The van der Waals surface area contributed by atoms with E-state index in [9.17, 15) is 17.6 Å². The third-order valence-corrected chi connectivity index (χ3v) is 8.90. The van der Waals surface area contributed by atoms with Gasteiger partial charge in [-0.3, -0.25) is 19.2 Å². The molecule has 0 radical (unpaired) electrons. The number of carbonyl (C=O) groups excluding carboxylic acids is 1. The molecule has 194 valence electrons. The first kappa shape index (κ1) is 24.6. The SMILES string of the molecule is O=C(NCc1cc2nc(-c3cccc(C4(CF)CC4)n3)ccc2cn1)c1ccc2c(c1)S(=O)(=O)CCOC2. The first-order valence-corrected chi connectivity index (χ1v) is 14.0. The summed E-state index contributed by atoms with van der Waals surface area (Å²) >= 11 is 0. The minimum absolute atomic E-state index is 0.113. The molecule has 2 aliphatic rings. The Hall–Kier alpha value is -3.76. The third kappa shape index (κ3) is 4.65. The summed E-state index contributed by atoms with van der Waals surface area (Å²) in [5.74, 6) is -0.517. The number of aromatic nitrogens is 3. The number of nitrogens with one attached hydrogen (secondary N) is 1. The predicted molar refractivity (Wildman–Crippen MR) is 139 cm³/mol. The van der Waals surface area contributed by atoms with Crippen LogP contribution in [0.15, 0.2) is 65.7 Å². The maximum absolute atomic E-state index is 13.5. The molecular weight excluding hydrogens is 507 g/mol. The number of rotatable bonds is 6. The number of hydrogen-bond acceptors (Lipinski definition) is 7. The lowest BCUT2D eigenvalue weighted by Crippen LogP contribution is -2.23. The molecule has 6 rings (SSSR count). The number of amides is 1. The lowest BCUT2D eigenvalue weighted by molar-refractivity contribution is 0.0950. The van der Waals surface area contributed by atoms with E-state index in [4.69, 9.17) is 14.7 Å². The highest BCUT2D eigenvalue weighted by Crippen LogP contribution is 2.47. The normalized spacial score (nSPS) is 17.4. The Balaban J connectivity index is 1.21. The molecule has 1 saturated carbocycles. The molecule has 1 N–H and O–H groups in total. The van der Waals surface area contributed by atoms with Crippen LogP contribution in [0.5, 0.6) is 0 Å². The van der Waals surface area contributed by atoms with Crippen LogP contribution >= 0.6 is 0 Å². The summed E-state index contributed by atoms with van der Waals surface area (Å²) in [4.78, 5) is 26.8. The quantitative estimate of drug-likeness (QED) is 0.401. The number of alkyl halides is 1. The van der Waals surface area contributed by atoms with Crippen LogP contribution in [0, 0.1) is 0 Å². The zero-order valence-electron chi connectivity index (χ0n) is 20.5. The number of sulfone groups is 1. The molecule has 0 atom stereocenters. The van der Waals surface area contributed by atoms with Crippen LogP contribution in [0.2, 0.25) is 0 Å². The molecule has 0 bridgehead atoms. The molecule has 1 aromatic carbocycles. The van der Waals surface area contributed by atoms with Gasteiger partial charge in [-0.05, 0) is 60.9 Å².